The van der Waals surface area contributed by atoms with Crippen molar-refractivity contribution in [1.29, 1.82) is 0 Å². The lowest BCUT2D eigenvalue weighted by atomic mass is 9.88. The van der Waals surface area contributed by atoms with Crippen LogP contribution in [0.3, 0.4) is 0 Å². The molecular formula is C29H32O5. The minimum Gasteiger partial charge on any atom is -0.507 e. The van der Waals surface area contributed by atoms with Gasteiger partial charge in [-0.3, -0.25) is 0 Å². The Morgan fingerprint density at radius 1 is 1.03 bits per heavy atom. The van der Waals surface area contributed by atoms with Gasteiger partial charge in [0.2, 0.25) is 0 Å². The molecule has 2 N–H and O–H groups in total. The largest absolute Gasteiger partial charge is 0.507 e. The normalized spacial score (nSPS) is 17.4. The number of benzene rings is 3. The molecule has 2 atom stereocenters. The molecule has 1 aliphatic heterocycles. The number of aromatic carboxylic acids is 1. The maximum Gasteiger partial charge on any atom is 0.335 e. The van der Waals surface area contributed by atoms with Crippen LogP contribution in [0.2, 0.25) is 0 Å². The Balaban J connectivity index is 1.48. The Morgan fingerprint density at radius 2 is 1.76 bits per heavy atom. The van der Waals surface area contributed by atoms with Crippen molar-refractivity contribution in [3.05, 3.63) is 82.4 Å². The highest BCUT2D eigenvalue weighted by Gasteiger charge is 2.44. The molecule has 178 valence electrons. The Hall–Kier alpha value is -3.31. The summed E-state index contributed by atoms with van der Waals surface area (Å²) in [7, 11) is 0. The number of aromatic hydroxyl groups is 1. The molecule has 0 spiro atoms. The molecule has 0 aliphatic carbocycles. The fraction of sp³-hybridized carbons (Fsp3) is 0.345. The number of hydrogen-bond donors (Lipinski definition) is 2. The standard InChI is InChI=1S/C29H32O5/c1-17-21(10-7-11-22(17)28(31)32)20-9-6-8-19(14-20)16-33-24-13-12-23(26(30)18(24)2)27-25(34-27)15-29(3,4)5/h6-14,25,27,30H,15-16H2,1-5H3,(H,31,32). The van der Waals surface area contributed by atoms with Crippen LogP contribution in [0, 0.1) is 19.3 Å². The summed E-state index contributed by atoms with van der Waals surface area (Å²) in [4.78, 5) is 11.5. The van der Waals surface area contributed by atoms with Gasteiger partial charge in [0.05, 0.1) is 11.7 Å². The molecule has 1 heterocycles. The average Bonchev–Trinajstić information content (AvgIpc) is 3.51. The van der Waals surface area contributed by atoms with Crippen molar-refractivity contribution in [3.8, 4) is 22.6 Å². The fourth-order valence-electron chi connectivity index (χ4n) is 4.43. The summed E-state index contributed by atoms with van der Waals surface area (Å²) in [6, 6.07) is 17.0. The second-order valence-corrected chi connectivity index (χ2v) is 10.3. The number of carbonyl (C=O) groups is 1. The molecule has 0 aromatic heterocycles. The minimum absolute atomic E-state index is 0.0616. The zero-order valence-electron chi connectivity index (χ0n) is 20.4. The molecule has 1 saturated heterocycles. The average molecular weight is 461 g/mol. The van der Waals surface area contributed by atoms with Crippen molar-refractivity contribution < 1.29 is 24.5 Å². The van der Waals surface area contributed by atoms with Crippen LogP contribution in [0.15, 0.2) is 54.6 Å². The van der Waals surface area contributed by atoms with Gasteiger partial charge in [0.15, 0.2) is 0 Å². The molecule has 0 radical (unpaired) electrons. The van der Waals surface area contributed by atoms with E-state index in [0.29, 0.717) is 23.5 Å². The maximum absolute atomic E-state index is 11.5. The predicted molar refractivity (Wildman–Crippen MR) is 132 cm³/mol. The van der Waals surface area contributed by atoms with Gasteiger partial charge in [0, 0.05) is 11.1 Å². The highest BCUT2D eigenvalue weighted by Crippen LogP contribution is 2.49. The van der Waals surface area contributed by atoms with Crippen LogP contribution in [0.1, 0.15) is 65.9 Å². The Labute approximate surface area is 201 Å². The summed E-state index contributed by atoms with van der Waals surface area (Å²) in [6.45, 7) is 10.6. The van der Waals surface area contributed by atoms with Crippen molar-refractivity contribution in [2.45, 2.75) is 59.9 Å². The van der Waals surface area contributed by atoms with Gasteiger partial charge in [-0.15, -0.1) is 0 Å². The third-order valence-electron chi connectivity index (χ3n) is 6.31. The summed E-state index contributed by atoms with van der Waals surface area (Å²) in [5, 5.41) is 20.2. The second-order valence-electron chi connectivity index (χ2n) is 10.3. The van der Waals surface area contributed by atoms with Crippen LogP contribution in [-0.4, -0.2) is 22.3 Å². The lowest BCUT2D eigenvalue weighted by molar-refractivity contribution is 0.0696. The first-order valence-corrected chi connectivity index (χ1v) is 11.6. The van der Waals surface area contributed by atoms with Gasteiger partial charge in [-0.05, 0) is 72.2 Å². The number of epoxide rings is 1. The SMILES string of the molecule is Cc1c(C(=O)O)cccc1-c1cccc(COc2ccc(C3OC3CC(C)(C)C)c(O)c2C)c1. The van der Waals surface area contributed by atoms with Gasteiger partial charge in [0.1, 0.15) is 24.2 Å². The third kappa shape index (κ3) is 5.10. The lowest BCUT2D eigenvalue weighted by Gasteiger charge is -2.16. The van der Waals surface area contributed by atoms with Crippen LogP contribution in [-0.2, 0) is 11.3 Å². The molecule has 34 heavy (non-hydrogen) atoms. The zero-order valence-corrected chi connectivity index (χ0v) is 20.4. The summed E-state index contributed by atoms with van der Waals surface area (Å²) >= 11 is 0. The van der Waals surface area contributed by atoms with Crippen molar-refractivity contribution in [2.75, 3.05) is 0 Å². The van der Waals surface area contributed by atoms with Gasteiger partial charge >= 0.3 is 5.97 Å². The summed E-state index contributed by atoms with van der Waals surface area (Å²) in [6.07, 6.45) is 1.02. The molecule has 1 aliphatic rings. The van der Waals surface area contributed by atoms with E-state index < -0.39 is 5.97 Å². The number of hydrogen-bond acceptors (Lipinski definition) is 4. The maximum atomic E-state index is 11.5. The van der Waals surface area contributed by atoms with Crippen molar-refractivity contribution >= 4 is 5.97 Å². The first-order chi connectivity index (χ1) is 16.0. The van der Waals surface area contributed by atoms with E-state index in [2.05, 4.69) is 20.8 Å². The molecule has 3 aromatic rings. The van der Waals surface area contributed by atoms with Crippen molar-refractivity contribution in [2.24, 2.45) is 5.41 Å². The molecule has 5 nitrogen and oxygen atoms in total. The molecular weight excluding hydrogens is 428 g/mol. The second kappa shape index (κ2) is 9.15. The molecule has 2 unspecified atom stereocenters. The number of carboxylic acid groups (broad SMARTS) is 1. The quantitative estimate of drug-likeness (QED) is 0.378. The van der Waals surface area contributed by atoms with E-state index in [1.807, 2.05) is 56.3 Å². The van der Waals surface area contributed by atoms with E-state index in [4.69, 9.17) is 9.47 Å². The van der Waals surface area contributed by atoms with Crippen molar-refractivity contribution in [3.63, 3.8) is 0 Å². The monoisotopic (exact) mass is 460 g/mol. The third-order valence-corrected chi connectivity index (χ3v) is 6.31. The van der Waals surface area contributed by atoms with Crippen molar-refractivity contribution in [1.82, 2.24) is 0 Å². The molecule has 1 fully saturated rings. The van der Waals surface area contributed by atoms with Gasteiger partial charge in [-0.2, -0.15) is 0 Å². The van der Waals surface area contributed by atoms with Gasteiger partial charge in [-0.25, -0.2) is 4.79 Å². The van der Waals surface area contributed by atoms with Crippen LogP contribution >= 0.6 is 0 Å². The first-order valence-electron chi connectivity index (χ1n) is 11.6. The molecule has 0 saturated carbocycles. The molecule has 0 amide bonds. The van der Waals surface area contributed by atoms with E-state index in [1.54, 1.807) is 12.1 Å². The molecule has 0 bridgehead atoms. The van der Waals surface area contributed by atoms with Gasteiger partial charge < -0.3 is 19.7 Å². The van der Waals surface area contributed by atoms with E-state index in [1.165, 1.54) is 0 Å². The highest BCUT2D eigenvalue weighted by atomic mass is 16.6. The summed E-state index contributed by atoms with van der Waals surface area (Å²) < 4.78 is 11.9. The molecule has 4 rings (SSSR count). The predicted octanol–water partition coefficient (Wildman–Crippen LogP) is 6.83. The minimum atomic E-state index is -0.932. The smallest absolute Gasteiger partial charge is 0.335 e. The van der Waals surface area contributed by atoms with E-state index in [0.717, 1.165) is 34.2 Å². The Bertz CT molecular complexity index is 1220. The Morgan fingerprint density at radius 3 is 2.47 bits per heavy atom. The number of phenols is 1. The topological polar surface area (TPSA) is 79.3 Å². The van der Waals surface area contributed by atoms with E-state index in [9.17, 15) is 15.0 Å². The number of rotatable bonds is 7. The van der Waals surface area contributed by atoms with Crippen LogP contribution in [0.5, 0.6) is 11.5 Å². The summed E-state index contributed by atoms with van der Waals surface area (Å²) in [5.74, 6) is -0.0728. The first kappa shape index (κ1) is 23.8. The number of ether oxygens (including phenoxy) is 2. The highest BCUT2D eigenvalue weighted by molar-refractivity contribution is 5.92. The van der Waals surface area contributed by atoms with Crippen LogP contribution in [0.25, 0.3) is 11.1 Å². The van der Waals surface area contributed by atoms with Crippen LogP contribution in [0.4, 0.5) is 0 Å². The van der Waals surface area contributed by atoms with Gasteiger partial charge in [-0.1, -0.05) is 51.1 Å². The zero-order chi connectivity index (χ0) is 24.6. The fourth-order valence-corrected chi connectivity index (χ4v) is 4.43. The summed E-state index contributed by atoms with van der Waals surface area (Å²) in [5.41, 5.74) is 5.50. The number of carboxylic acids is 1. The van der Waals surface area contributed by atoms with Gasteiger partial charge in [0.25, 0.3) is 0 Å². The lowest BCUT2D eigenvalue weighted by Crippen LogP contribution is -2.09. The van der Waals surface area contributed by atoms with E-state index >= 15 is 0 Å². The molecule has 5 heteroatoms. The Kier molecular flexibility index (Phi) is 6.41. The van der Waals surface area contributed by atoms with E-state index in [-0.39, 0.29) is 23.4 Å². The molecule has 3 aromatic carbocycles. The van der Waals surface area contributed by atoms with Crippen LogP contribution < -0.4 is 4.74 Å². The number of phenolic OH excluding ortho intramolecular Hbond substituents is 1.